The van der Waals surface area contributed by atoms with Gasteiger partial charge >= 0.3 is 23.9 Å². The first-order chi connectivity index (χ1) is 13.1. The van der Waals surface area contributed by atoms with E-state index < -0.39 is 23.9 Å². The molecule has 0 aromatic rings. The number of aliphatic carboxylic acids is 4. The smallest absolute Gasteiger partial charge is 0.306 e. The van der Waals surface area contributed by atoms with Gasteiger partial charge < -0.3 is 30.6 Å². The Hall–Kier alpha value is -2.20. The number of aliphatic hydroxyl groups is 2. The van der Waals surface area contributed by atoms with E-state index in [9.17, 15) is 19.2 Å². The van der Waals surface area contributed by atoms with E-state index in [0.29, 0.717) is 38.5 Å². The summed E-state index contributed by atoms with van der Waals surface area (Å²) in [6.45, 7) is 3.33. The van der Waals surface area contributed by atoms with Crippen LogP contribution in [0, 0.1) is 11.8 Å². The van der Waals surface area contributed by atoms with E-state index in [1.165, 1.54) is 0 Å². The lowest BCUT2D eigenvalue weighted by atomic mass is 10.00. The van der Waals surface area contributed by atoms with Crippen LogP contribution in [0.1, 0.15) is 65.2 Å². The summed E-state index contributed by atoms with van der Waals surface area (Å²) in [5.41, 5.74) is 0. The molecular formula is C18H34O10. The van der Waals surface area contributed by atoms with E-state index in [4.69, 9.17) is 30.6 Å². The third-order valence-corrected chi connectivity index (χ3v) is 3.67. The first kappa shape index (κ1) is 30.5. The second-order valence-electron chi connectivity index (χ2n) is 5.91. The number of carboxylic acids is 4. The predicted molar refractivity (Wildman–Crippen MR) is 100.0 cm³/mol. The maximum Gasteiger partial charge on any atom is 0.306 e. The minimum Gasteiger partial charge on any atom is -0.481 e. The van der Waals surface area contributed by atoms with Gasteiger partial charge in [0.05, 0.1) is 25.0 Å². The lowest BCUT2D eigenvalue weighted by molar-refractivity contribution is -0.143. The van der Waals surface area contributed by atoms with Crippen molar-refractivity contribution in [3.8, 4) is 0 Å². The van der Waals surface area contributed by atoms with E-state index in [-0.39, 0.29) is 37.9 Å². The molecule has 0 aromatic carbocycles. The van der Waals surface area contributed by atoms with E-state index in [1.54, 1.807) is 13.8 Å². The molecule has 0 aliphatic carbocycles. The molecule has 0 heterocycles. The largest absolute Gasteiger partial charge is 0.481 e. The second-order valence-corrected chi connectivity index (χ2v) is 5.91. The molecule has 0 amide bonds. The molecule has 0 aliphatic heterocycles. The van der Waals surface area contributed by atoms with E-state index in [1.807, 2.05) is 0 Å². The Morgan fingerprint density at radius 1 is 0.643 bits per heavy atom. The van der Waals surface area contributed by atoms with E-state index in [0.717, 1.165) is 0 Å². The lowest BCUT2D eigenvalue weighted by Gasteiger charge is -2.07. The number of aliphatic hydroxyl groups excluding tert-OH is 2. The second kappa shape index (κ2) is 21.1. The van der Waals surface area contributed by atoms with Crippen LogP contribution in [0.25, 0.3) is 0 Å². The van der Waals surface area contributed by atoms with Crippen molar-refractivity contribution in [2.24, 2.45) is 11.8 Å². The minimum absolute atomic E-state index is 0.0593. The highest BCUT2D eigenvalue weighted by molar-refractivity contribution is 5.70. The lowest BCUT2D eigenvalue weighted by Crippen LogP contribution is -2.12. The Morgan fingerprint density at radius 2 is 0.929 bits per heavy atom. The summed E-state index contributed by atoms with van der Waals surface area (Å²) in [7, 11) is 0. The summed E-state index contributed by atoms with van der Waals surface area (Å²) in [5, 5.41) is 49.0. The number of carboxylic acid groups (broad SMARTS) is 4. The molecule has 0 rings (SSSR count). The normalized spacial score (nSPS) is 11.7. The van der Waals surface area contributed by atoms with Gasteiger partial charge in [-0.3, -0.25) is 19.2 Å². The summed E-state index contributed by atoms with van der Waals surface area (Å²) in [5.74, 6) is -4.16. The van der Waals surface area contributed by atoms with Gasteiger partial charge in [0.1, 0.15) is 0 Å². The monoisotopic (exact) mass is 410 g/mol. The maximum atomic E-state index is 10.5. The Balaban J connectivity index is -0.000000375. The van der Waals surface area contributed by atoms with Crippen molar-refractivity contribution in [1.29, 1.82) is 0 Å². The molecule has 166 valence electrons. The molecule has 10 heteroatoms. The van der Waals surface area contributed by atoms with Gasteiger partial charge in [-0.25, -0.2) is 0 Å². The highest BCUT2D eigenvalue weighted by Crippen LogP contribution is 2.13. The number of carbonyl (C=O) groups is 4. The highest BCUT2D eigenvalue weighted by atomic mass is 16.4. The van der Waals surface area contributed by atoms with Crippen molar-refractivity contribution in [3.63, 3.8) is 0 Å². The Morgan fingerprint density at radius 3 is 1.07 bits per heavy atom. The Bertz CT molecular complexity index is 396. The quantitative estimate of drug-likeness (QED) is 0.260. The average Bonchev–Trinajstić information content (AvgIpc) is 2.62. The summed E-state index contributed by atoms with van der Waals surface area (Å²) in [6.07, 6.45) is 3.05. The van der Waals surface area contributed by atoms with Crippen molar-refractivity contribution in [2.45, 2.75) is 65.2 Å². The van der Waals surface area contributed by atoms with E-state index in [2.05, 4.69) is 0 Å². The third kappa shape index (κ3) is 23.8. The number of rotatable bonds is 13. The fraction of sp³-hybridized carbons (Fsp3) is 0.778. The van der Waals surface area contributed by atoms with Crippen LogP contribution in [0.4, 0.5) is 0 Å². The van der Waals surface area contributed by atoms with Crippen molar-refractivity contribution in [3.05, 3.63) is 0 Å². The number of hydrogen-bond donors (Lipinski definition) is 6. The van der Waals surface area contributed by atoms with E-state index >= 15 is 0 Å². The zero-order valence-electron chi connectivity index (χ0n) is 16.5. The number of hydrogen-bond acceptors (Lipinski definition) is 6. The Kier molecular flexibility index (Phi) is 23.0. The van der Waals surface area contributed by atoms with Crippen molar-refractivity contribution >= 4 is 23.9 Å². The molecular weight excluding hydrogens is 376 g/mol. The maximum absolute atomic E-state index is 10.5. The molecule has 6 N–H and O–H groups in total. The summed E-state index contributed by atoms with van der Waals surface area (Å²) in [6, 6.07) is 0. The zero-order valence-corrected chi connectivity index (χ0v) is 16.5. The van der Waals surface area contributed by atoms with Crippen LogP contribution in [-0.2, 0) is 19.2 Å². The Labute approximate surface area is 164 Å². The van der Waals surface area contributed by atoms with Crippen LogP contribution in [0.2, 0.25) is 0 Å². The van der Waals surface area contributed by atoms with Gasteiger partial charge in [-0.15, -0.1) is 0 Å². The first-order valence-corrected chi connectivity index (χ1v) is 9.18. The average molecular weight is 410 g/mol. The van der Waals surface area contributed by atoms with Gasteiger partial charge in [0.15, 0.2) is 0 Å². The van der Waals surface area contributed by atoms with Crippen molar-refractivity contribution in [1.82, 2.24) is 0 Å². The van der Waals surface area contributed by atoms with Gasteiger partial charge in [-0.05, 0) is 38.5 Å². The molecule has 28 heavy (non-hydrogen) atoms. The fourth-order valence-electron chi connectivity index (χ4n) is 2.00. The molecule has 0 aliphatic rings. The van der Waals surface area contributed by atoms with Gasteiger partial charge in [0.25, 0.3) is 0 Å². The summed E-state index contributed by atoms with van der Waals surface area (Å²) < 4.78 is 0. The molecule has 0 saturated heterocycles. The van der Waals surface area contributed by atoms with Gasteiger partial charge in [0.2, 0.25) is 0 Å². The molecule has 2 atom stereocenters. The van der Waals surface area contributed by atoms with Crippen LogP contribution in [0.15, 0.2) is 0 Å². The van der Waals surface area contributed by atoms with Crippen LogP contribution >= 0.6 is 0 Å². The fourth-order valence-corrected chi connectivity index (χ4v) is 2.00. The van der Waals surface area contributed by atoms with Crippen LogP contribution in [0.5, 0.6) is 0 Å². The summed E-state index contributed by atoms with van der Waals surface area (Å²) >= 11 is 0. The molecule has 0 saturated carbocycles. The third-order valence-electron chi connectivity index (χ3n) is 3.67. The van der Waals surface area contributed by atoms with Crippen LogP contribution in [0.3, 0.4) is 0 Å². The van der Waals surface area contributed by atoms with Crippen LogP contribution in [-0.4, -0.2) is 67.7 Å². The first-order valence-electron chi connectivity index (χ1n) is 9.18. The van der Waals surface area contributed by atoms with Crippen molar-refractivity contribution in [2.75, 3.05) is 13.2 Å². The molecule has 0 bridgehead atoms. The molecule has 0 fully saturated rings. The topological polar surface area (TPSA) is 190 Å². The van der Waals surface area contributed by atoms with Gasteiger partial charge in [-0.2, -0.15) is 0 Å². The SMILES string of the molecule is CCC(CCCC(=O)O)C(=O)O.CCC(CCCC(=O)O)C(=O)O.OCCO. The summed E-state index contributed by atoms with van der Waals surface area (Å²) in [4.78, 5) is 41.1. The van der Waals surface area contributed by atoms with Gasteiger partial charge in [-0.1, -0.05) is 13.8 Å². The molecule has 10 nitrogen and oxygen atoms in total. The molecule has 0 spiro atoms. The van der Waals surface area contributed by atoms with Crippen LogP contribution < -0.4 is 0 Å². The zero-order chi connectivity index (χ0) is 22.5. The van der Waals surface area contributed by atoms with Crippen molar-refractivity contribution < 1.29 is 49.8 Å². The predicted octanol–water partition coefficient (Wildman–Crippen LogP) is 1.68. The minimum atomic E-state index is -0.866. The standard InChI is InChI=1S/2C8H14O4.C2H6O2/c2*1-2-6(8(11)12)4-3-5-7(9)10;3-1-2-4/h2*6H,2-5H2,1H3,(H,9,10)(H,11,12);3-4H,1-2H2. The molecule has 0 radical (unpaired) electrons. The molecule has 2 unspecified atom stereocenters. The highest BCUT2D eigenvalue weighted by Gasteiger charge is 2.15. The van der Waals surface area contributed by atoms with Gasteiger partial charge in [0, 0.05) is 12.8 Å². The molecule has 0 aromatic heterocycles.